The van der Waals surface area contributed by atoms with Gasteiger partial charge in [-0.1, -0.05) is 0 Å². The maximum absolute atomic E-state index is 11.7. The van der Waals surface area contributed by atoms with Gasteiger partial charge in [-0.15, -0.1) is 0 Å². The molecule has 5 heteroatoms. The molecule has 0 aliphatic heterocycles. The van der Waals surface area contributed by atoms with E-state index in [0.29, 0.717) is 6.42 Å². The molecule has 0 aromatic heterocycles. The molecule has 0 aromatic carbocycles. The van der Waals surface area contributed by atoms with E-state index in [1.165, 1.54) is 0 Å². The van der Waals surface area contributed by atoms with Gasteiger partial charge in [0.05, 0.1) is 6.10 Å². The highest BCUT2D eigenvalue weighted by Crippen LogP contribution is 2.12. The SMILES string of the molecule is C[C@@H](C[C@H](CN)CC(=O)O)OCF. The number of carboxylic acid groups (broad SMARTS) is 1. The van der Waals surface area contributed by atoms with Gasteiger partial charge in [0.1, 0.15) is 0 Å². The zero-order valence-corrected chi connectivity index (χ0v) is 7.70. The van der Waals surface area contributed by atoms with Gasteiger partial charge in [0, 0.05) is 6.42 Å². The summed E-state index contributed by atoms with van der Waals surface area (Å²) in [6.45, 7) is 1.14. The molecule has 0 heterocycles. The van der Waals surface area contributed by atoms with E-state index in [2.05, 4.69) is 4.74 Å². The van der Waals surface area contributed by atoms with E-state index in [4.69, 9.17) is 10.8 Å². The normalized spacial score (nSPS) is 15.3. The highest BCUT2D eigenvalue weighted by atomic mass is 19.1. The van der Waals surface area contributed by atoms with E-state index < -0.39 is 12.8 Å². The number of hydrogen-bond acceptors (Lipinski definition) is 3. The van der Waals surface area contributed by atoms with Crippen molar-refractivity contribution < 1.29 is 19.0 Å². The van der Waals surface area contributed by atoms with Gasteiger partial charge in [-0.3, -0.25) is 4.79 Å². The number of ether oxygens (including phenoxy) is 1. The molecule has 78 valence electrons. The smallest absolute Gasteiger partial charge is 0.303 e. The third-order valence-electron chi connectivity index (χ3n) is 1.81. The number of nitrogens with two attached hydrogens (primary N) is 1. The van der Waals surface area contributed by atoms with Gasteiger partial charge in [0.25, 0.3) is 0 Å². The fourth-order valence-electron chi connectivity index (χ4n) is 1.15. The van der Waals surface area contributed by atoms with E-state index in [1.54, 1.807) is 6.92 Å². The molecule has 0 saturated carbocycles. The number of alkyl halides is 1. The van der Waals surface area contributed by atoms with Crippen LogP contribution in [0.4, 0.5) is 4.39 Å². The van der Waals surface area contributed by atoms with Gasteiger partial charge < -0.3 is 15.6 Å². The molecule has 3 N–H and O–H groups in total. The molecule has 0 fully saturated rings. The Labute approximate surface area is 76.9 Å². The summed E-state index contributed by atoms with van der Waals surface area (Å²) in [4.78, 5) is 10.3. The quantitative estimate of drug-likeness (QED) is 0.626. The molecule has 0 bridgehead atoms. The van der Waals surface area contributed by atoms with Crippen LogP contribution in [-0.4, -0.2) is 30.6 Å². The van der Waals surface area contributed by atoms with Crippen molar-refractivity contribution >= 4 is 5.97 Å². The number of carbonyl (C=O) groups is 1. The highest BCUT2D eigenvalue weighted by Gasteiger charge is 2.15. The first-order valence-corrected chi connectivity index (χ1v) is 4.19. The van der Waals surface area contributed by atoms with Crippen LogP contribution in [0.1, 0.15) is 19.8 Å². The second-order valence-electron chi connectivity index (χ2n) is 3.02. The molecule has 0 saturated heterocycles. The minimum absolute atomic E-state index is 0.0104. The molecule has 0 aromatic rings. The Morgan fingerprint density at radius 2 is 2.31 bits per heavy atom. The van der Waals surface area contributed by atoms with Crippen LogP contribution in [0.3, 0.4) is 0 Å². The predicted octanol–water partition coefficient (Wildman–Crippen LogP) is 0.758. The minimum atomic E-state index is -0.886. The zero-order chi connectivity index (χ0) is 10.3. The lowest BCUT2D eigenvalue weighted by Crippen LogP contribution is -2.23. The Balaban J connectivity index is 3.75. The zero-order valence-electron chi connectivity index (χ0n) is 7.70. The first-order valence-electron chi connectivity index (χ1n) is 4.19. The highest BCUT2D eigenvalue weighted by molar-refractivity contribution is 5.67. The van der Waals surface area contributed by atoms with Gasteiger partial charge in [-0.2, -0.15) is 0 Å². The van der Waals surface area contributed by atoms with E-state index in [0.717, 1.165) is 0 Å². The van der Waals surface area contributed by atoms with Gasteiger partial charge in [-0.25, -0.2) is 4.39 Å². The summed E-state index contributed by atoms with van der Waals surface area (Å²) in [7, 11) is 0. The van der Waals surface area contributed by atoms with Crippen LogP contribution < -0.4 is 5.73 Å². The Hall–Kier alpha value is -0.680. The van der Waals surface area contributed by atoms with E-state index in [9.17, 15) is 9.18 Å². The Morgan fingerprint density at radius 1 is 1.69 bits per heavy atom. The van der Waals surface area contributed by atoms with Crippen LogP contribution in [0, 0.1) is 5.92 Å². The topological polar surface area (TPSA) is 72.6 Å². The van der Waals surface area contributed by atoms with Crippen molar-refractivity contribution in [2.75, 3.05) is 13.4 Å². The van der Waals surface area contributed by atoms with Crippen molar-refractivity contribution in [2.45, 2.75) is 25.9 Å². The summed E-state index contributed by atoms with van der Waals surface area (Å²) >= 11 is 0. The summed E-state index contributed by atoms with van der Waals surface area (Å²) in [6.07, 6.45) is 0.210. The maximum Gasteiger partial charge on any atom is 0.303 e. The third kappa shape index (κ3) is 6.48. The Bertz CT molecular complexity index is 154. The number of halogens is 1. The van der Waals surface area contributed by atoms with Crippen molar-refractivity contribution in [3.63, 3.8) is 0 Å². The summed E-state index contributed by atoms with van der Waals surface area (Å²) in [6, 6.07) is 0. The summed E-state index contributed by atoms with van der Waals surface area (Å²) in [5.74, 6) is -1.03. The van der Waals surface area contributed by atoms with Crippen LogP contribution in [0.5, 0.6) is 0 Å². The Kier molecular flexibility index (Phi) is 6.44. The standard InChI is InChI=1S/C8H16FNO3/c1-6(13-5-9)2-7(4-10)3-8(11)12/h6-7H,2-5,10H2,1H3,(H,11,12)/t6-,7-/m0/s1. The van der Waals surface area contributed by atoms with E-state index >= 15 is 0 Å². The van der Waals surface area contributed by atoms with Crippen LogP contribution in [0.15, 0.2) is 0 Å². The van der Waals surface area contributed by atoms with Crippen molar-refractivity contribution in [1.29, 1.82) is 0 Å². The molecular formula is C8H16FNO3. The lowest BCUT2D eigenvalue weighted by atomic mass is 9.99. The fourth-order valence-corrected chi connectivity index (χ4v) is 1.15. The molecule has 0 unspecified atom stereocenters. The van der Waals surface area contributed by atoms with E-state index in [-0.39, 0.29) is 25.0 Å². The molecule has 0 radical (unpaired) electrons. The van der Waals surface area contributed by atoms with Crippen molar-refractivity contribution in [1.82, 2.24) is 0 Å². The molecule has 0 amide bonds. The van der Waals surface area contributed by atoms with Crippen LogP contribution in [-0.2, 0) is 9.53 Å². The lowest BCUT2D eigenvalue weighted by Gasteiger charge is -2.16. The number of aliphatic carboxylic acids is 1. The van der Waals surface area contributed by atoms with Crippen LogP contribution >= 0.6 is 0 Å². The predicted molar refractivity (Wildman–Crippen MR) is 45.9 cm³/mol. The van der Waals surface area contributed by atoms with Crippen molar-refractivity contribution in [3.05, 3.63) is 0 Å². The molecule has 0 aliphatic rings. The fraction of sp³-hybridized carbons (Fsp3) is 0.875. The molecule has 2 atom stereocenters. The van der Waals surface area contributed by atoms with Crippen molar-refractivity contribution in [3.8, 4) is 0 Å². The Morgan fingerprint density at radius 3 is 2.69 bits per heavy atom. The molecule has 0 rings (SSSR count). The number of carboxylic acids is 1. The van der Waals surface area contributed by atoms with Crippen LogP contribution in [0.2, 0.25) is 0 Å². The first-order chi connectivity index (χ1) is 6.10. The average molecular weight is 193 g/mol. The van der Waals surface area contributed by atoms with E-state index in [1.807, 2.05) is 0 Å². The lowest BCUT2D eigenvalue weighted by molar-refractivity contribution is -0.138. The second-order valence-corrected chi connectivity index (χ2v) is 3.02. The molecule has 0 aliphatic carbocycles. The minimum Gasteiger partial charge on any atom is -0.481 e. The number of hydrogen-bond donors (Lipinski definition) is 2. The molecule has 13 heavy (non-hydrogen) atoms. The summed E-state index contributed by atoms with van der Waals surface area (Å²) in [5.41, 5.74) is 5.35. The molecule has 0 spiro atoms. The second kappa shape index (κ2) is 6.80. The van der Waals surface area contributed by atoms with Gasteiger partial charge in [-0.05, 0) is 25.8 Å². The largest absolute Gasteiger partial charge is 0.481 e. The summed E-state index contributed by atoms with van der Waals surface area (Å²) in [5, 5.41) is 8.49. The van der Waals surface area contributed by atoms with Crippen molar-refractivity contribution in [2.24, 2.45) is 11.7 Å². The van der Waals surface area contributed by atoms with Crippen LogP contribution in [0.25, 0.3) is 0 Å². The molecular weight excluding hydrogens is 177 g/mol. The first kappa shape index (κ1) is 12.3. The average Bonchev–Trinajstić information content (AvgIpc) is 2.02. The third-order valence-corrected chi connectivity index (χ3v) is 1.81. The van der Waals surface area contributed by atoms with Gasteiger partial charge in [0.2, 0.25) is 0 Å². The van der Waals surface area contributed by atoms with Gasteiger partial charge >= 0.3 is 5.97 Å². The summed E-state index contributed by atoms with van der Waals surface area (Å²) < 4.78 is 16.3. The van der Waals surface area contributed by atoms with Gasteiger partial charge in [0.15, 0.2) is 6.86 Å². The molecule has 4 nitrogen and oxygen atoms in total. The maximum atomic E-state index is 11.7. The number of rotatable bonds is 7. The monoisotopic (exact) mass is 193 g/mol.